The summed E-state index contributed by atoms with van der Waals surface area (Å²) < 4.78 is 33.7. The molecule has 1 atom stereocenters. The van der Waals surface area contributed by atoms with Crippen LogP contribution in [0.3, 0.4) is 0 Å². The number of hydrogen-bond acceptors (Lipinski definition) is 1. The first kappa shape index (κ1) is 7.46. The minimum atomic E-state index is -4.36. The predicted octanol–water partition coefficient (Wildman–Crippen LogP) is 1.38. The molecule has 0 aromatic carbocycles. The van der Waals surface area contributed by atoms with Crippen molar-refractivity contribution in [2.45, 2.75) is 13.1 Å². The number of carbonyl (C=O) groups is 1. The fourth-order valence-corrected chi connectivity index (χ4v) is 0.0772. The maximum atomic E-state index is 11.2. The van der Waals surface area contributed by atoms with E-state index in [9.17, 15) is 18.0 Å². The van der Waals surface area contributed by atoms with E-state index < -0.39 is 12.1 Å². The zero-order valence-corrected chi connectivity index (χ0v) is 4.20. The molecule has 0 saturated carbocycles. The molecule has 0 unspecified atom stereocenters. The quantitative estimate of drug-likeness (QED) is 0.485. The molecule has 0 N–H and O–H groups in total. The molecule has 0 spiro atoms. The molecule has 0 aliphatic heterocycles. The molecular formula is C4H5F3O. The summed E-state index contributed by atoms with van der Waals surface area (Å²) in [5.41, 5.74) is 0. The molecule has 0 saturated heterocycles. The Balaban J connectivity index is 3.80. The van der Waals surface area contributed by atoms with Gasteiger partial charge in [0.2, 0.25) is 0 Å². The third kappa shape index (κ3) is 1.95. The first-order valence-corrected chi connectivity index (χ1v) is 2.00. The molecule has 0 amide bonds. The Bertz CT molecular complexity index is 85.8. The highest BCUT2D eigenvalue weighted by molar-refractivity contribution is 5.53. The smallest absolute Gasteiger partial charge is 0.303 e. The fourth-order valence-electron chi connectivity index (χ4n) is 0.0772. The van der Waals surface area contributed by atoms with Crippen LogP contribution in [0.5, 0.6) is 0 Å². The van der Waals surface area contributed by atoms with Gasteiger partial charge in [-0.25, -0.2) is 0 Å². The summed E-state index contributed by atoms with van der Waals surface area (Å²) in [6, 6.07) is 0. The summed E-state index contributed by atoms with van der Waals surface area (Å²) in [6.45, 7) is 0.812. The molecule has 4 heteroatoms. The van der Waals surface area contributed by atoms with Crippen molar-refractivity contribution < 1.29 is 18.0 Å². The number of aldehydes is 1. The van der Waals surface area contributed by atoms with E-state index in [1.165, 1.54) is 0 Å². The van der Waals surface area contributed by atoms with Crippen molar-refractivity contribution >= 4 is 6.29 Å². The molecule has 0 aromatic rings. The maximum absolute atomic E-state index is 11.2. The van der Waals surface area contributed by atoms with Gasteiger partial charge in [0.05, 0.1) is 0 Å². The highest BCUT2D eigenvalue weighted by Crippen LogP contribution is 2.23. The van der Waals surface area contributed by atoms with Crippen molar-refractivity contribution in [2.24, 2.45) is 5.92 Å². The Labute approximate surface area is 44.5 Å². The Kier molecular flexibility index (Phi) is 2.01. The molecule has 0 heterocycles. The van der Waals surface area contributed by atoms with Crippen molar-refractivity contribution in [3.05, 3.63) is 0 Å². The Morgan fingerprint density at radius 1 is 1.50 bits per heavy atom. The molecule has 1 nitrogen and oxygen atoms in total. The van der Waals surface area contributed by atoms with E-state index in [4.69, 9.17) is 0 Å². The van der Waals surface area contributed by atoms with Crippen LogP contribution in [0.15, 0.2) is 0 Å². The summed E-state index contributed by atoms with van der Waals surface area (Å²) in [5.74, 6) is -1.83. The molecule has 0 bridgehead atoms. The van der Waals surface area contributed by atoms with Crippen LogP contribution >= 0.6 is 0 Å². The highest BCUT2D eigenvalue weighted by Gasteiger charge is 2.35. The van der Waals surface area contributed by atoms with Crippen LogP contribution in [-0.4, -0.2) is 12.5 Å². The van der Waals surface area contributed by atoms with Crippen LogP contribution in [0.25, 0.3) is 0 Å². The van der Waals surface area contributed by atoms with E-state index in [-0.39, 0.29) is 6.29 Å². The second-order valence-corrected chi connectivity index (χ2v) is 1.47. The molecule has 8 heavy (non-hydrogen) atoms. The summed E-state index contributed by atoms with van der Waals surface area (Å²) >= 11 is 0. The lowest BCUT2D eigenvalue weighted by Crippen LogP contribution is -2.20. The highest BCUT2D eigenvalue weighted by atomic mass is 19.4. The first-order chi connectivity index (χ1) is 3.48. The van der Waals surface area contributed by atoms with E-state index in [0.717, 1.165) is 6.92 Å². The zero-order valence-electron chi connectivity index (χ0n) is 4.20. The van der Waals surface area contributed by atoms with Gasteiger partial charge < -0.3 is 4.79 Å². The van der Waals surface area contributed by atoms with Gasteiger partial charge >= 0.3 is 6.18 Å². The Morgan fingerprint density at radius 3 is 1.88 bits per heavy atom. The van der Waals surface area contributed by atoms with Crippen LogP contribution in [-0.2, 0) is 4.79 Å². The van der Waals surface area contributed by atoms with Gasteiger partial charge in [-0.05, 0) is 6.92 Å². The summed E-state index contributed by atoms with van der Waals surface area (Å²) in [4.78, 5) is 9.43. The number of hydrogen-bond donors (Lipinski definition) is 0. The second kappa shape index (κ2) is 2.15. The number of alkyl halides is 3. The van der Waals surface area contributed by atoms with Gasteiger partial charge in [0.15, 0.2) is 0 Å². The van der Waals surface area contributed by atoms with Crippen LogP contribution in [0.4, 0.5) is 13.2 Å². The number of halogens is 3. The lowest BCUT2D eigenvalue weighted by molar-refractivity contribution is -0.170. The van der Waals surface area contributed by atoms with Crippen molar-refractivity contribution in [3.8, 4) is 0 Å². The molecule has 0 aromatic heterocycles. The molecule has 0 rings (SSSR count). The van der Waals surface area contributed by atoms with E-state index in [1.807, 2.05) is 0 Å². The van der Waals surface area contributed by atoms with Gasteiger partial charge in [0, 0.05) is 0 Å². The van der Waals surface area contributed by atoms with Gasteiger partial charge in [0.1, 0.15) is 12.2 Å². The molecule has 48 valence electrons. The van der Waals surface area contributed by atoms with Crippen molar-refractivity contribution in [3.63, 3.8) is 0 Å². The molecular weight excluding hydrogens is 121 g/mol. The van der Waals surface area contributed by atoms with Gasteiger partial charge in [-0.1, -0.05) is 0 Å². The van der Waals surface area contributed by atoms with E-state index in [0.29, 0.717) is 0 Å². The van der Waals surface area contributed by atoms with E-state index >= 15 is 0 Å². The van der Waals surface area contributed by atoms with Gasteiger partial charge in [-0.2, -0.15) is 13.2 Å². The average molecular weight is 126 g/mol. The molecule has 0 fully saturated rings. The van der Waals surface area contributed by atoms with Gasteiger partial charge in [-0.3, -0.25) is 0 Å². The summed E-state index contributed by atoms with van der Waals surface area (Å²) in [5, 5.41) is 0. The molecule has 0 aliphatic carbocycles. The Hall–Kier alpha value is -0.540. The number of carbonyl (C=O) groups excluding carboxylic acids is 1. The predicted molar refractivity (Wildman–Crippen MR) is 21.3 cm³/mol. The third-order valence-corrected chi connectivity index (χ3v) is 0.720. The zero-order chi connectivity index (χ0) is 6.78. The molecule has 0 aliphatic rings. The van der Waals surface area contributed by atoms with Crippen LogP contribution in [0, 0.1) is 5.92 Å². The lowest BCUT2D eigenvalue weighted by atomic mass is 10.2. The SMILES string of the molecule is C[C@H](C=O)C(F)(F)F. The summed E-state index contributed by atoms with van der Waals surface area (Å²) in [7, 11) is 0. The third-order valence-electron chi connectivity index (χ3n) is 0.720. The van der Waals surface area contributed by atoms with Gasteiger partial charge in [0.25, 0.3) is 0 Å². The van der Waals surface area contributed by atoms with E-state index in [1.54, 1.807) is 0 Å². The van der Waals surface area contributed by atoms with Crippen LogP contribution in [0.1, 0.15) is 6.92 Å². The normalized spacial score (nSPS) is 15.5. The first-order valence-electron chi connectivity index (χ1n) is 2.00. The largest absolute Gasteiger partial charge is 0.398 e. The fraction of sp³-hybridized carbons (Fsp3) is 0.750. The summed E-state index contributed by atoms with van der Waals surface area (Å²) in [6.07, 6.45) is -4.48. The van der Waals surface area contributed by atoms with Crippen LogP contribution in [0.2, 0.25) is 0 Å². The van der Waals surface area contributed by atoms with E-state index in [2.05, 4.69) is 0 Å². The monoisotopic (exact) mass is 126 g/mol. The lowest BCUT2D eigenvalue weighted by Gasteiger charge is -2.06. The minimum Gasteiger partial charge on any atom is -0.303 e. The van der Waals surface area contributed by atoms with Crippen molar-refractivity contribution in [2.75, 3.05) is 0 Å². The second-order valence-electron chi connectivity index (χ2n) is 1.47. The topological polar surface area (TPSA) is 17.1 Å². The van der Waals surface area contributed by atoms with Gasteiger partial charge in [-0.15, -0.1) is 0 Å². The standard InChI is InChI=1S/C4H5F3O/c1-3(2-8)4(5,6)7/h2-3H,1H3/t3-/m1/s1. The van der Waals surface area contributed by atoms with Crippen molar-refractivity contribution in [1.29, 1.82) is 0 Å². The van der Waals surface area contributed by atoms with Crippen LogP contribution < -0.4 is 0 Å². The Morgan fingerprint density at radius 2 is 1.88 bits per heavy atom. The average Bonchev–Trinajstić information content (AvgIpc) is 1.62. The number of rotatable bonds is 1. The maximum Gasteiger partial charge on any atom is 0.398 e. The van der Waals surface area contributed by atoms with Crippen molar-refractivity contribution in [1.82, 2.24) is 0 Å². The molecule has 0 radical (unpaired) electrons. The minimum absolute atomic E-state index is 0.125.